The lowest BCUT2D eigenvalue weighted by Crippen LogP contribution is -2.18. The second-order valence-electron chi connectivity index (χ2n) is 14.2. The number of thiophene rings is 1. The van der Waals surface area contributed by atoms with E-state index in [9.17, 15) is 0 Å². The summed E-state index contributed by atoms with van der Waals surface area (Å²) in [5.41, 5.74) is 12.1. The molecule has 2 aromatic heterocycles. The van der Waals surface area contributed by atoms with Crippen molar-refractivity contribution < 1.29 is 4.42 Å². The Morgan fingerprint density at radius 3 is 2.55 bits per heavy atom. The molecule has 0 aliphatic heterocycles. The quantitative estimate of drug-likeness (QED) is 0.147. The molecule has 53 heavy (non-hydrogen) atoms. The summed E-state index contributed by atoms with van der Waals surface area (Å²) in [6.45, 7) is 8.52. The van der Waals surface area contributed by atoms with Crippen LogP contribution in [0.2, 0.25) is 0 Å². The Balaban J connectivity index is 1.24. The zero-order chi connectivity index (χ0) is 35.9. The minimum atomic E-state index is 0.293. The molecule has 4 aromatic carbocycles. The third kappa shape index (κ3) is 5.81. The van der Waals surface area contributed by atoms with Crippen LogP contribution in [0.5, 0.6) is 0 Å². The zero-order valence-electron chi connectivity index (χ0n) is 30.4. The van der Waals surface area contributed by atoms with Gasteiger partial charge in [-0.25, -0.2) is 0 Å². The molecule has 3 aliphatic rings. The number of allylic oxidation sites excluding steroid dienone is 15. The molecule has 0 fully saturated rings. The molecular formula is C50H43NOS. The van der Waals surface area contributed by atoms with Gasteiger partial charge >= 0.3 is 0 Å². The summed E-state index contributed by atoms with van der Waals surface area (Å²) < 4.78 is 8.24. The van der Waals surface area contributed by atoms with Crippen molar-refractivity contribution in [2.45, 2.75) is 46.0 Å². The van der Waals surface area contributed by atoms with Crippen LogP contribution in [0.15, 0.2) is 179 Å². The van der Waals surface area contributed by atoms with Crippen LogP contribution < -0.4 is 0 Å². The number of hydrogen-bond donors (Lipinski definition) is 0. The topological polar surface area (TPSA) is 16.4 Å². The Labute approximate surface area is 316 Å². The monoisotopic (exact) mass is 705 g/mol. The van der Waals surface area contributed by atoms with Crippen LogP contribution in [-0.2, 0) is 6.42 Å². The van der Waals surface area contributed by atoms with Crippen molar-refractivity contribution >= 4 is 65.4 Å². The van der Waals surface area contributed by atoms with Gasteiger partial charge in [-0.15, -0.1) is 11.3 Å². The minimum absolute atomic E-state index is 0.293. The standard InChI is InChI=1S/C50H43NOS/c1-4-15-34(39-23-12-19-35-17-6-8-20-38(35)39)31-32-51(46-27-14-26-45-41-22-10-11-28-47(41)53-50(45)46)33(3)37(16-5-2)42-24-13-25-43-44-30-29-36-18-7-9-21-40(36)48(44)52-49(42)43/h4-5,7-13,15-16,18-22,24-25,27-32,39H,1,6,14,17,23,26H2,2-3H3/b16-5-,32-31+,34-15+,37-33-. The van der Waals surface area contributed by atoms with Crippen molar-refractivity contribution in [2.75, 3.05) is 0 Å². The van der Waals surface area contributed by atoms with Gasteiger partial charge in [-0.3, -0.25) is 0 Å². The van der Waals surface area contributed by atoms with E-state index in [0.717, 1.165) is 76.3 Å². The molecule has 1 atom stereocenters. The van der Waals surface area contributed by atoms with E-state index in [2.05, 4.69) is 165 Å². The summed E-state index contributed by atoms with van der Waals surface area (Å²) in [4.78, 5) is 3.80. The fourth-order valence-electron chi connectivity index (χ4n) is 8.61. The first-order valence-corrected chi connectivity index (χ1v) is 19.7. The molecule has 0 amide bonds. The maximum atomic E-state index is 6.90. The predicted molar refractivity (Wildman–Crippen MR) is 229 cm³/mol. The summed E-state index contributed by atoms with van der Waals surface area (Å²) in [5.74, 6) is 0.293. The van der Waals surface area contributed by atoms with Crippen molar-refractivity contribution in [3.8, 4) is 0 Å². The first-order chi connectivity index (χ1) is 26.1. The first-order valence-electron chi connectivity index (χ1n) is 18.9. The second-order valence-corrected chi connectivity index (χ2v) is 15.2. The lowest BCUT2D eigenvalue weighted by Gasteiger charge is -2.30. The van der Waals surface area contributed by atoms with Gasteiger partial charge in [-0.05, 0) is 97.2 Å². The van der Waals surface area contributed by atoms with E-state index in [4.69, 9.17) is 4.42 Å². The lowest BCUT2D eigenvalue weighted by atomic mass is 9.78. The maximum Gasteiger partial charge on any atom is 0.143 e. The van der Waals surface area contributed by atoms with Crippen LogP contribution in [-0.4, -0.2) is 4.90 Å². The van der Waals surface area contributed by atoms with E-state index < -0.39 is 0 Å². The third-order valence-corrected chi connectivity index (χ3v) is 12.4. The number of nitrogens with zero attached hydrogens (tertiary/aromatic N) is 1. The van der Waals surface area contributed by atoms with Crippen LogP contribution in [0.4, 0.5) is 0 Å². The fraction of sp³-hybridized carbons (Fsp3) is 0.160. The Hall–Kier alpha value is -5.64. The van der Waals surface area contributed by atoms with Crippen molar-refractivity contribution in [3.63, 3.8) is 0 Å². The summed E-state index contributed by atoms with van der Waals surface area (Å²) >= 11 is 1.91. The smallest absolute Gasteiger partial charge is 0.143 e. The number of hydrogen-bond acceptors (Lipinski definition) is 3. The summed E-state index contributed by atoms with van der Waals surface area (Å²) in [5, 5.41) is 5.98. The molecule has 2 nitrogen and oxygen atoms in total. The highest BCUT2D eigenvalue weighted by Crippen LogP contribution is 2.45. The normalized spacial score (nSPS) is 18.0. The van der Waals surface area contributed by atoms with E-state index in [1.165, 1.54) is 48.3 Å². The molecule has 0 saturated carbocycles. The molecule has 0 radical (unpaired) electrons. The third-order valence-electron chi connectivity index (χ3n) is 11.1. The summed E-state index contributed by atoms with van der Waals surface area (Å²) in [6.07, 6.45) is 30.3. The summed E-state index contributed by atoms with van der Waals surface area (Å²) in [7, 11) is 0. The number of fused-ring (bicyclic) bond motifs is 8. The summed E-state index contributed by atoms with van der Waals surface area (Å²) in [6, 6.07) is 28.4. The average Bonchev–Trinajstić information content (AvgIpc) is 3.79. The van der Waals surface area contributed by atoms with Crippen LogP contribution in [0.3, 0.4) is 0 Å². The predicted octanol–water partition coefficient (Wildman–Crippen LogP) is 14.4. The van der Waals surface area contributed by atoms with Gasteiger partial charge < -0.3 is 9.32 Å². The Morgan fingerprint density at radius 2 is 1.66 bits per heavy atom. The molecule has 0 saturated heterocycles. The molecule has 3 heteroatoms. The van der Waals surface area contributed by atoms with E-state index >= 15 is 0 Å². The lowest BCUT2D eigenvalue weighted by molar-refractivity contribution is 0.648. The van der Waals surface area contributed by atoms with Crippen LogP contribution in [0.1, 0.15) is 55.5 Å². The van der Waals surface area contributed by atoms with Gasteiger partial charge in [0.15, 0.2) is 0 Å². The van der Waals surface area contributed by atoms with E-state index in [1.807, 2.05) is 17.4 Å². The largest absolute Gasteiger partial charge is 0.455 e. The van der Waals surface area contributed by atoms with Gasteiger partial charge in [-0.1, -0.05) is 128 Å². The van der Waals surface area contributed by atoms with E-state index in [1.54, 1.807) is 0 Å². The van der Waals surface area contributed by atoms with Gasteiger partial charge in [0, 0.05) is 49.8 Å². The van der Waals surface area contributed by atoms with Gasteiger partial charge in [-0.2, -0.15) is 0 Å². The van der Waals surface area contributed by atoms with E-state index in [0.29, 0.717) is 5.92 Å². The van der Waals surface area contributed by atoms with Crippen molar-refractivity contribution in [3.05, 3.63) is 191 Å². The van der Waals surface area contributed by atoms with Crippen LogP contribution in [0.25, 0.3) is 54.1 Å². The van der Waals surface area contributed by atoms with Gasteiger partial charge in [0.1, 0.15) is 11.2 Å². The van der Waals surface area contributed by atoms with Gasteiger partial charge in [0.25, 0.3) is 0 Å². The van der Waals surface area contributed by atoms with Crippen LogP contribution in [0, 0.1) is 5.92 Å². The molecule has 9 rings (SSSR count). The van der Waals surface area contributed by atoms with Crippen molar-refractivity contribution in [1.29, 1.82) is 0 Å². The highest BCUT2D eigenvalue weighted by molar-refractivity contribution is 7.20. The van der Waals surface area contributed by atoms with E-state index in [-0.39, 0.29) is 0 Å². The molecular weight excluding hydrogens is 663 g/mol. The second kappa shape index (κ2) is 14.1. The number of aryl methyl sites for hydroxylation is 1. The highest BCUT2D eigenvalue weighted by Gasteiger charge is 2.26. The zero-order valence-corrected chi connectivity index (χ0v) is 31.3. The molecule has 1 unspecified atom stereocenters. The molecule has 260 valence electrons. The Morgan fingerprint density at radius 1 is 0.830 bits per heavy atom. The minimum Gasteiger partial charge on any atom is -0.455 e. The molecule has 0 N–H and O–H groups in total. The Kier molecular flexibility index (Phi) is 8.81. The number of para-hydroxylation sites is 1. The fourth-order valence-corrected chi connectivity index (χ4v) is 9.90. The number of benzene rings is 4. The highest BCUT2D eigenvalue weighted by atomic mass is 32.1. The Bertz CT molecular complexity index is 2690. The molecule has 3 aliphatic carbocycles. The molecule has 2 heterocycles. The number of rotatable bonds is 8. The van der Waals surface area contributed by atoms with Gasteiger partial charge in [0.05, 0.1) is 10.6 Å². The van der Waals surface area contributed by atoms with Crippen LogP contribution >= 0.6 is 11.3 Å². The SMILES string of the molecule is C=C/C=C(\C=C\N(C1=CCCc2c1sc1ccccc21)/C(C)=C(/C=C\C)c1cccc2c1oc1c3ccccc3ccc21)C1CC=CC2=C1C=CCC2. The average molecular weight is 706 g/mol. The maximum absolute atomic E-state index is 6.90. The molecule has 0 spiro atoms. The number of furan rings is 1. The molecule has 6 aromatic rings. The van der Waals surface area contributed by atoms with Gasteiger partial charge in [0.2, 0.25) is 0 Å². The van der Waals surface area contributed by atoms with Crippen molar-refractivity contribution in [2.24, 2.45) is 5.92 Å². The van der Waals surface area contributed by atoms with Crippen molar-refractivity contribution in [1.82, 2.24) is 4.90 Å². The molecule has 0 bridgehead atoms. The first kappa shape index (κ1) is 33.2.